The molecule has 3 nitrogen and oxygen atoms in total. The van der Waals surface area contributed by atoms with E-state index in [9.17, 15) is 0 Å². The van der Waals surface area contributed by atoms with Crippen LogP contribution in [0, 0.1) is 6.92 Å². The van der Waals surface area contributed by atoms with E-state index >= 15 is 0 Å². The Morgan fingerprint density at radius 1 is 0.757 bits per heavy atom. The van der Waals surface area contributed by atoms with Crippen LogP contribution < -0.4 is 21.9 Å². The molecule has 0 aliphatic heterocycles. The van der Waals surface area contributed by atoms with Crippen molar-refractivity contribution in [1.82, 2.24) is 0 Å². The Kier molecular flexibility index (Phi) is 9.04. The summed E-state index contributed by atoms with van der Waals surface area (Å²) >= 11 is 11.9. The summed E-state index contributed by atoms with van der Waals surface area (Å²) in [5.41, 5.74) is 6.49. The molecule has 1 heterocycles. The van der Waals surface area contributed by atoms with Gasteiger partial charge in [-0.25, -0.2) is 4.99 Å². The first-order chi connectivity index (χ1) is 17.7. The van der Waals surface area contributed by atoms with Crippen molar-refractivity contribution in [2.24, 2.45) is 4.99 Å². The second-order valence-electron chi connectivity index (χ2n) is 8.79. The fourth-order valence-electron chi connectivity index (χ4n) is 4.58. The van der Waals surface area contributed by atoms with Gasteiger partial charge in [0.1, 0.15) is 0 Å². The number of halogens is 3. The van der Waals surface area contributed by atoms with Crippen LogP contribution in [0.3, 0.4) is 0 Å². The molecule has 0 fully saturated rings. The summed E-state index contributed by atoms with van der Waals surface area (Å²) in [6.45, 7) is 3.64. The normalized spacial score (nSPS) is 11.2. The molecule has 5 rings (SSSR count). The number of anilines is 1. The topological polar surface area (TPSA) is 19.5 Å². The van der Waals surface area contributed by atoms with Gasteiger partial charge in [0.05, 0.1) is 17.3 Å². The van der Waals surface area contributed by atoms with Crippen molar-refractivity contribution in [1.29, 1.82) is 0 Å². The van der Waals surface area contributed by atoms with E-state index in [1.54, 1.807) is 0 Å². The number of nitrogens with zero attached hydrogens (tertiary/aromatic N) is 3. The zero-order valence-electron chi connectivity index (χ0n) is 20.6. The maximum Gasteiger partial charge on any atom is 0.230 e. The molecule has 188 valence electrons. The van der Waals surface area contributed by atoms with E-state index in [-0.39, 0.29) is 12.4 Å². The predicted octanol–water partition coefficient (Wildman–Crippen LogP) is 4.62. The van der Waals surface area contributed by atoms with E-state index in [4.69, 9.17) is 28.2 Å². The van der Waals surface area contributed by atoms with Crippen molar-refractivity contribution in [3.63, 3.8) is 0 Å². The van der Waals surface area contributed by atoms with Crippen molar-refractivity contribution < 1.29 is 17.0 Å². The molecule has 0 bridgehead atoms. The van der Waals surface area contributed by atoms with Gasteiger partial charge in [0, 0.05) is 54.8 Å². The fourth-order valence-corrected chi connectivity index (χ4v) is 4.99. The highest BCUT2D eigenvalue weighted by molar-refractivity contribution is 6.18. The van der Waals surface area contributed by atoms with Gasteiger partial charge in [-0.2, -0.15) is 4.57 Å². The highest BCUT2D eigenvalue weighted by atomic mass is 35.5. The van der Waals surface area contributed by atoms with Crippen LogP contribution in [0.1, 0.15) is 11.3 Å². The molecule has 0 spiro atoms. The molecule has 0 N–H and O–H groups in total. The average Bonchev–Trinajstić information content (AvgIpc) is 2.92. The molecule has 1 aromatic heterocycles. The molecule has 0 atom stereocenters. The Hall–Kier alpha value is -3.11. The second-order valence-corrected chi connectivity index (χ2v) is 9.54. The number of fused-ring (bicyclic) bond motifs is 3. The molecule has 0 aliphatic carbocycles. The van der Waals surface area contributed by atoms with Gasteiger partial charge in [-0.05, 0) is 54.1 Å². The van der Waals surface area contributed by atoms with Crippen LogP contribution in [0.25, 0.3) is 27.4 Å². The number of hydrogen-bond donors (Lipinski definition) is 0. The van der Waals surface area contributed by atoms with Gasteiger partial charge in [0.2, 0.25) is 16.9 Å². The largest absolute Gasteiger partial charge is 1.00 e. The molecule has 0 unspecified atom stereocenters. The zero-order chi connectivity index (χ0) is 24.9. The molecule has 0 saturated heterocycles. The summed E-state index contributed by atoms with van der Waals surface area (Å²) in [5, 5.41) is 3.70. The molecular formula is C31H28Cl3N3. The molecule has 0 saturated carbocycles. The Morgan fingerprint density at radius 3 is 2.16 bits per heavy atom. The standard InChI is InChI=1S/C31H28Cl2N3.ClH/c1-23-6-11-27(12-7-23)36-28(15-16-30-29-5-3-2-4-24(29)8-17-31(30)36)22-34-25-9-13-26(14-10-25)35(20-18-32)21-19-33;/h2-17,22H,18-21H2,1H3;1H/q+1;/p-1. The molecule has 6 heteroatoms. The van der Waals surface area contributed by atoms with Gasteiger partial charge >= 0.3 is 0 Å². The summed E-state index contributed by atoms with van der Waals surface area (Å²) in [6.07, 6.45) is 1.94. The number of aliphatic imine (C=N–C) groups is 1. The first-order valence-electron chi connectivity index (χ1n) is 12.1. The highest BCUT2D eigenvalue weighted by Crippen LogP contribution is 2.25. The van der Waals surface area contributed by atoms with Gasteiger partial charge in [0.15, 0.2) is 0 Å². The Bertz CT molecular complexity index is 1510. The molecule has 4 aromatic carbocycles. The third-order valence-corrected chi connectivity index (χ3v) is 6.77. The molecule has 5 aromatic rings. The number of aromatic nitrogens is 1. The first-order valence-corrected chi connectivity index (χ1v) is 13.2. The minimum atomic E-state index is 0. The third-order valence-electron chi connectivity index (χ3n) is 6.43. The van der Waals surface area contributed by atoms with E-state index in [2.05, 4.69) is 101 Å². The minimum Gasteiger partial charge on any atom is -1.00 e. The summed E-state index contributed by atoms with van der Waals surface area (Å²) < 4.78 is 2.28. The lowest BCUT2D eigenvalue weighted by Crippen LogP contribution is -3.00. The van der Waals surface area contributed by atoms with Crippen LogP contribution in [-0.4, -0.2) is 31.1 Å². The Labute approximate surface area is 234 Å². The molecule has 37 heavy (non-hydrogen) atoms. The summed E-state index contributed by atoms with van der Waals surface area (Å²) in [6, 6.07) is 34.1. The Morgan fingerprint density at radius 2 is 1.46 bits per heavy atom. The quantitative estimate of drug-likeness (QED) is 0.120. The van der Waals surface area contributed by atoms with Crippen molar-refractivity contribution >= 4 is 62.5 Å². The van der Waals surface area contributed by atoms with Crippen LogP contribution in [0.2, 0.25) is 0 Å². The smallest absolute Gasteiger partial charge is 0.230 e. The minimum absolute atomic E-state index is 0. The van der Waals surface area contributed by atoms with Crippen molar-refractivity contribution in [3.8, 4) is 5.69 Å². The molecule has 0 amide bonds. The third kappa shape index (κ3) is 5.91. The number of aryl methyl sites for hydroxylation is 1. The summed E-state index contributed by atoms with van der Waals surface area (Å²) in [7, 11) is 0. The van der Waals surface area contributed by atoms with E-state index in [0.717, 1.165) is 41.4 Å². The van der Waals surface area contributed by atoms with Crippen LogP contribution in [0.15, 0.2) is 102 Å². The van der Waals surface area contributed by atoms with Crippen LogP contribution in [0.4, 0.5) is 11.4 Å². The molecule has 0 radical (unpaired) electrons. The van der Waals surface area contributed by atoms with Gasteiger partial charge in [-0.3, -0.25) is 0 Å². The molecule has 0 aliphatic rings. The predicted molar refractivity (Wildman–Crippen MR) is 155 cm³/mol. The average molecular weight is 549 g/mol. The second kappa shape index (κ2) is 12.4. The monoisotopic (exact) mass is 547 g/mol. The number of pyridine rings is 1. The zero-order valence-corrected chi connectivity index (χ0v) is 22.9. The van der Waals surface area contributed by atoms with Crippen molar-refractivity contribution in [3.05, 3.63) is 108 Å². The Balaban J connectivity index is 0.00000320. The van der Waals surface area contributed by atoms with Gasteiger partial charge < -0.3 is 17.3 Å². The lowest BCUT2D eigenvalue weighted by atomic mass is 10.0. The maximum atomic E-state index is 5.97. The van der Waals surface area contributed by atoms with Crippen molar-refractivity contribution in [2.45, 2.75) is 6.92 Å². The van der Waals surface area contributed by atoms with E-state index < -0.39 is 0 Å². The van der Waals surface area contributed by atoms with Gasteiger partial charge in [0.25, 0.3) is 0 Å². The fraction of sp³-hybridized carbons (Fsp3) is 0.161. The van der Waals surface area contributed by atoms with Crippen LogP contribution in [-0.2, 0) is 0 Å². The lowest BCUT2D eigenvalue weighted by Gasteiger charge is -2.22. The van der Waals surface area contributed by atoms with Crippen molar-refractivity contribution in [2.75, 3.05) is 29.7 Å². The van der Waals surface area contributed by atoms with Crippen LogP contribution in [0.5, 0.6) is 0 Å². The first kappa shape index (κ1) is 26.9. The van der Waals surface area contributed by atoms with Gasteiger partial charge in [-0.15, -0.1) is 23.2 Å². The number of alkyl halides is 2. The number of rotatable bonds is 8. The molecular weight excluding hydrogens is 521 g/mol. The van der Waals surface area contributed by atoms with E-state index in [0.29, 0.717) is 11.8 Å². The summed E-state index contributed by atoms with van der Waals surface area (Å²) in [4.78, 5) is 7.01. The lowest BCUT2D eigenvalue weighted by molar-refractivity contribution is -0.568. The highest BCUT2D eigenvalue weighted by Gasteiger charge is 2.19. The van der Waals surface area contributed by atoms with Crippen LogP contribution >= 0.6 is 23.2 Å². The number of benzene rings is 4. The van der Waals surface area contributed by atoms with Gasteiger partial charge in [-0.1, -0.05) is 42.0 Å². The summed E-state index contributed by atoms with van der Waals surface area (Å²) in [5.74, 6) is 1.13. The SMILES string of the molecule is Cc1ccc(-[n+]2c(C=Nc3ccc(N(CCCl)CCCl)cc3)ccc3c4ccccc4ccc32)cc1.[Cl-]. The van der Waals surface area contributed by atoms with E-state index in [1.807, 2.05) is 18.3 Å². The number of hydrogen-bond acceptors (Lipinski definition) is 2. The van der Waals surface area contributed by atoms with E-state index in [1.165, 1.54) is 21.7 Å². The maximum absolute atomic E-state index is 5.97.